The van der Waals surface area contributed by atoms with E-state index in [1.165, 1.54) is 25.9 Å². The van der Waals surface area contributed by atoms with Gasteiger partial charge in [-0.25, -0.2) is 0 Å². The molecule has 4 heteroatoms. The zero-order chi connectivity index (χ0) is 12.5. The summed E-state index contributed by atoms with van der Waals surface area (Å²) in [6.45, 7) is 4.66. The van der Waals surface area contributed by atoms with Gasteiger partial charge in [-0.2, -0.15) is 0 Å². The van der Waals surface area contributed by atoms with E-state index in [0.717, 1.165) is 31.6 Å². The molecule has 17 heavy (non-hydrogen) atoms. The number of benzene rings is 1. The average Bonchev–Trinajstić information content (AvgIpc) is 2.85. The number of aliphatic hydroxyl groups excluding tert-OH is 1. The highest BCUT2D eigenvalue weighted by Crippen LogP contribution is 2.12. The fourth-order valence-corrected chi connectivity index (χ4v) is 2.01. The summed E-state index contributed by atoms with van der Waals surface area (Å²) in [6, 6.07) is 7.92. The number of hydrogen-bond donors (Lipinski definition) is 3. The molecular formula is C13H23N3O. The van der Waals surface area contributed by atoms with E-state index in [4.69, 9.17) is 10.8 Å². The standard InChI is InChI=1S/C12H19N3.CH4O/c13-11-4-3-5-12(10-11)14-6-9-15-7-1-2-8-15;1-2/h3-5,10,14H,1-2,6-9,13H2;2H,1H3. The smallest absolute Gasteiger partial charge is 0.0361 e. The zero-order valence-electron chi connectivity index (χ0n) is 10.5. The van der Waals surface area contributed by atoms with E-state index in [1.54, 1.807) is 0 Å². The molecule has 1 aromatic rings. The molecule has 1 aromatic carbocycles. The Bertz CT molecular complexity index is 311. The number of nitrogens with zero attached hydrogens (tertiary/aromatic N) is 1. The molecule has 2 rings (SSSR count). The van der Waals surface area contributed by atoms with E-state index in [2.05, 4.69) is 16.3 Å². The summed E-state index contributed by atoms with van der Waals surface area (Å²) in [5.74, 6) is 0. The summed E-state index contributed by atoms with van der Waals surface area (Å²) in [4.78, 5) is 2.50. The molecule has 1 fully saturated rings. The summed E-state index contributed by atoms with van der Waals surface area (Å²) in [6.07, 6.45) is 2.72. The number of aliphatic hydroxyl groups is 1. The summed E-state index contributed by atoms with van der Waals surface area (Å²) in [5, 5.41) is 10.4. The molecule has 0 saturated carbocycles. The van der Waals surface area contributed by atoms with E-state index in [1.807, 2.05) is 18.2 Å². The number of nitrogens with one attached hydrogen (secondary N) is 1. The van der Waals surface area contributed by atoms with Crippen molar-refractivity contribution in [1.82, 2.24) is 4.90 Å². The lowest BCUT2D eigenvalue weighted by molar-refractivity contribution is 0.352. The maximum atomic E-state index is 7.00. The second kappa shape index (κ2) is 7.92. The zero-order valence-corrected chi connectivity index (χ0v) is 10.5. The Balaban J connectivity index is 0.000000686. The van der Waals surface area contributed by atoms with Gasteiger partial charge in [-0.3, -0.25) is 0 Å². The molecule has 4 N–H and O–H groups in total. The number of nitrogen functional groups attached to an aromatic ring is 1. The molecule has 1 heterocycles. The molecule has 0 spiro atoms. The molecule has 1 aliphatic rings. The third-order valence-electron chi connectivity index (χ3n) is 2.84. The maximum Gasteiger partial charge on any atom is 0.0361 e. The van der Waals surface area contributed by atoms with Crippen molar-refractivity contribution in [2.75, 3.05) is 44.3 Å². The van der Waals surface area contributed by atoms with Crippen molar-refractivity contribution in [3.8, 4) is 0 Å². The number of nitrogens with two attached hydrogens (primary N) is 1. The first-order valence-corrected chi connectivity index (χ1v) is 6.11. The van der Waals surface area contributed by atoms with Gasteiger partial charge < -0.3 is 21.1 Å². The molecule has 0 amide bonds. The largest absolute Gasteiger partial charge is 0.400 e. The van der Waals surface area contributed by atoms with Crippen LogP contribution >= 0.6 is 0 Å². The topological polar surface area (TPSA) is 61.5 Å². The van der Waals surface area contributed by atoms with Crippen LogP contribution in [0.25, 0.3) is 0 Å². The van der Waals surface area contributed by atoms with Crippen LogP contribution < -0.4 is 11.1 Å². The molecular weight excluding hydrogens is 214 g/mol. The number of hydrogen-bond acceptors (Lipinski definition) is 4. The van der Waals surface area contributed by atoms with Crippen LogP contribution in [0, 0.1) is 0 Å². The molecule has 0 aliphatic carbocycles. The molecule has 0 unspecified atom stereocenters. The van der Waals surface area contributed by atoms with Crippen LogP contribution in [0.15, 0.2) is 24.3 Å². The Hall–Kier alpha value is -1.26. The Kier molecular flexibility index (Phi) is 6.43. The van der Waals surface area contributed by atoms with Crippen LogP contribution in [0.4, 0.5) is 11.4 Å². The Labute approximate surface area is 103 Å². The highest BCUT2D eigenvalue weighted by molar-refractivity contribution is 5.53. The lowest BCUT2D eigenvalue weighted by atomic mass is 10.3. The van der Waals surface area contributed by atoms with Crippen molar-refractivity contribution in [1.29, 1.82) is 0 Å². The van der Waals surface area contributed by atoms with Crippen LogP contribution in [-0.4, -0.2) is 43.3 Å². The van der Waals surface area contributed by atoms with Gasteiger partial charge >= 0.3 is 0 Å². The third-order valence-corrected chi connectivity index (χ3v) is 2.84. The Morgan fingerprint density at radius 1 is 1.29 bits per heavy atom. The lowest BCUT2D eigenvalue weighted by Crippen LogP contribution is -2.25. The minimum atomic E-state index is 0.821. The first-order chi connectivity index (χ1) is 8.34. The second-order valence-corrected chi connectivity index (χ2v) is 4.10. The van der Waals surface area contributed by atoms with Gasteiger partial charge in [-0.1, -0.05) is 6.07 Å². The summed E-state index contributed by atoms with van der Waals surface area (Å²) < 4.78 is 0. The minimum absolute atomic E-state index is 0.821. The van der Waals surface area contributed by atoms with E-state index in [-0.39, 0.29) is 0 Å². The first kappa shape index (κ1) is 13.8. The van der Waals surface area contributed by atoms with Crippen molar-refractivity contribution < 1.29 is 5.11 Å². The Morgan fingerprint density at radius 2 is 2.00 bits per heavy atom. The predicted molar refractivity (Wildman–Crippen MR) is 73.2 cm³/mol. The minimum Gasteiger partial charge on any atom is -0.400 e. The van der Waals surface area contributed by atoms with Crippen molar-refractivity contribution >= 4 is 11.4 Å². The van der Waals surface area contributed by atoms with Gasteiger partial charge in [-0.15, -0.1) is 0 Å². The van der Waals surface area contributed by atoms with E-state index in [0.29, 0.717) is 0 Å². The molecule has 0 atom stereocenters. The van der Waals surface area contributed by atoms with Gasteiger partial charge in [-0.05, 0) is 44.1 Å². The fourth-order valence-electron chi connectivity index (χ4n) is 2.01. The Morgan fingerprint density at radius 3 is 2.65 bits per heavy atom. The van der Waals surface area contributed by atoms with Crippen LogP contribution in [0.5, 0.6) is 0 Å². The number of likely N-dealkylation sites (tertiary alicyclic amines) is 1. The quantitative estimate of drug-likeness (QED) is 0.692. The van der Waals surface area contributed by atoms with Crippen molar-refractivity contribution in [2.24, 2.45) is 0 Å². The molecule has 0 bridgehead atoms. The molecule has 1 aliphatic heterocycles. The summed E-state index contributed by atoms with van der Waals surface area (Å²) in [5.41, 5.74) is 7.64. The van der Waals surface area contributed by atoms with Crippen LogP contribution in [0.1, 0.15) is 12.8 Å². The highest BCUT2D eigenvalue weighted by atomic mass is 16.2. The number of rotatable bonds is 4. The van der Waals surface area contributed by atoms with Gasteiger partial charge in [0.25, 0.3) is 0 Å². The average molecular weight is 237 g/mol. The van der Waals surface area contributed by atoms with Crippen molar-refractivity contribution in [3.63, 3.8) is 0 Å². The maximum absolute atomic E-state index is 7.00. The fraction of sp³-hybridized carbons (Fsp3) is 0.538. The van der Waals surface area contributed by atoms with E-state index < -0.39 is 0 Å². The molecule has 96 valence electrons. The van der Waals surface area contributed by atoms with Gasteiger partial charge in [0.1, 0.15) is 0 Å². The van der Waals surface area contributed by atoms with Crippen molar-refractivity contribution in [3.05, 3.63) is 24.3 Å². The molecule has 1 saturated heterocycles. The molecule has 4 nitrogen and oxygen atoms in total. The molecule has 0 radical (unpaired) electrons. The number of anilines is 2. The van der Waals surface area contributed by atoms with Crippen molar-refractivity contribution in [2.45, 2.75) is 12.8 Å². The normalized spacial score (nSPS) is 15.2. The van der Waals surface area contributed by atoms with Gasteiger partial charge in [0.15, 0.2) is 0 Å². The first-order valence-electron chi connectivity index (χ1n) is 6.11. The molecule has 0 aromatic heterocycles. The lowest BCUT2D eigenvalue weighted by Gasteiger charge is -2.15. The van der Waals surface area contributed by atoms with Crippen LogP contribution in [0.2, 0.25) is 0 Å². The summed E-state index contributed by atoms with van der Waals surface area (Å²) in [7, 11) is 1.00. The SMILES string of the molecule is CO.Nc1cccc(NCCN2CCCC2)c1. The highest BCUT2D eigenvalue weighted by Gasteiger charge is 2.09. The monoisotopic (exact) mass is 237 g/mol. The summed E-state index contributed by atoms with van der Waals surface area (Å²) >= 11 is 0. The van der Waals surface area contributed by atoms with Gasteiger partial charge in [0.2, 0.25) is 0 Å². The third kappa shape index (κ3) is 5.06. The van der Waals surface area contributed by atoms with E-state index in [9.17, 15) is 0 Å². The second-order valence-electron chi connectivity index (χ2n) is 4.10. The van der Waals surface area contributed by atoms with Crippen LogP contribution in [0.3, 0.4) is 0 Å². The van der Waals surface area contributed by atoms with Crippen LogP contribution in [-0.2, 0) is 0 Å². The van der Waals surface area contributed by atoms with E-state index >= 15 is 0 Å². The van der Waals surface area contributed by atoms with Gasteiger partial charge in [0.05, 0.1) is 0 Å². The van der Waals surface area contributed by atoms with Gasteiger partial charge in [0, 0.05) is 31.6 Å². The predicted octanol–water partition coefficient (Wildman–Crippen LogP) is 1.38.